The Morgan fingerprint density at radius 1 is 1.15 bits per heavy atom. The van der Waals surface area contributed by atoms with Gasteiger partial charge in [0.15, 0.2) is 0 Å². The van der Waals surface area contributed by atoms with Gasteiger partial charge in [-0.2, -0.15) is 0 Å². The molecular weight excluding hydrogens is 518 g/mol. The zero-order valence-electron chi connectivity index (χ0n) is 25.1. The number of pyridine rings is 3. The number of allylic oxidation sites excluding steroid dienone is 1. The Balaban J connectivity index is 0.00000189. The third kappa shape index (κ3) is 5.36. The maximum Gasteiger partial charge on any atom is 0.253 e. The molecule has 0 bridgehead atoms. The molecule has 1 saturated heterocycles. The lowest BCUT2D eigenvalue weighted by molar-refractivity contribution is -0.121. The van der Waals surface area contributed by atoms with Gasteiger partial charge >= 0.3 is 0 Å². The zero-order valence-corrected chi connectivity index (χ0v) is 25.1. The van der Waals surface area contributed by atoms with Crippen LogP contribution in [0.2, 0.25) is 0 Å². The molecular formula is C30H41N9O2. The Kier molecular flexibility index (Phi) is 8.95. The van der Waals surface area contributed by atoms with E-state index in [0.717, 1.165) is 58.7 Å². The van der Waals surface area contributed by atoms with Gasteiger partial charge in [-0.15, -0.1) is 0 Å². The summed E-state index contributed by atoms with van der Waals surface area (Å²) in [6.07, 6.45) is 6.68. The molecule has 5 rings (SSSR count). The van der Waals surface area contributed by atoms with Crippen molar-refractivity contribution in [2.45, 2.75) is 39.7 Å². The summed E-state index contributed by atoms with van der Waals surface area (Å²) in [5.41, 5.74) is 10.6. The Morgan fingerprint density at radius 2 is 1.90 bits per heavy atom. The summed E-state index contributed by atoms with van der Waals surface area (Å²) in [6.45, 7) is 7.96. The number of fused-ring (bicyclic) bond motifs is 2. The van der Waals surface area contributed by atoms with E-state index in [4.69, 9.17) is 15.7 Å². The summed E-state index contributed by atoms with van der Waals surface area (Å²) < 4.78 is 1.67. The molecule has 0 saturated carbocycles. The van der Waals surface area contributed by atoms with E-state index in [1.807, 2.05) is 57.1 Å². The van der Waals surface area contributed by atoms with Gasteiger partial charge in [0.2, 0.25) is 5.91 Å². The second-order valence-electron chi connectivity index (χ2n) is 10.0. The summed E-state index contributed by atoms with van der Waals surface area (Å²) in [7, 11) is 7.19. The van der Waals surface area contributed by atoms with Crippen molar-refractivity contribution in [3.63, 3.8) is 0 Å². The highest BCUT2D eigenvalue weighted by atomic mass is 16.2. The summed E-state index contributed by atoms with van der Waals surface area (Å²) in [6, 6.07) is 5.55. The molecule has 11 nitrogen and oxygen atoms in total. The molecule has 0 radical (unpaired) electrons. The number of aryl methyl sites for hydroxylation is 2. The standard InChI is InChI=1S/C28H35N9O2.C2H6/c1-17-11-19-22(35(5)28(17)39)13-25(36-8-6-7-21(36)27(38)31-3)33-26(19)37-10-9-34(4)23-12-20(32-16-24(23)37)18(14-29)15-30-2;1-2/h11-16,21H,6-10,29H2,1-5H3,(H,31,38);1-2H3/b18-14+,30-15?;. The number of hydrogen-bond donors (Lipinski definition) is 2. The Bertz CT molecular complexity index is 1560. The number of nitrogens with zero attached hydrogens (tertiary/aromatic N) is 7. The SMILES string of the molecule is CC.CN=C/C(=C\N)c1cc2c(cn1)N(c1nc(N3CCCC3C(=O)NC)cc3c1cc(C)c(=O)n3C)CCN2C. The molecule has 1 unspecified atom stereocenters. The fourth-order valence-electron chi connectivity index (χ4n) is 5.57. The van der Waals surface area contributed by atoms with Crippen LogP contribution in [0.5, 0.6) is 0 Å². The predicted molar refractivity (Wildman–Crippen MR) is 169 cm³/mol. The van der Waals surface area contributed by atoms with Crippen LogP contribution in [0, 0.1) is 6.92 Å². The maximum absolute atomic E-state index is 13.0. The average molecular weight is 560 g/mol. The lowest BCUT2D eigenvalue weighted by Gasteiger charge is -2.37. The van der Waals surface area contributed by atoms with Gasteiger partial charge in [-0.3, -0.25) is 19.6 Å². The maximum atomic E-state index is 13.0. The van der Waals surface area contributed by atoms with Crippen LogP contribution in [0.1, 0.15) is 37.9 Å². The first-order valence-electron chi connectivity index (χ1n) is 14.1. The third-order valence-corrected chi connectivity index (χ3v) is 7.69. The first-order valence-corrected chi connectivity index (χ1v) is 14.1. The minimum absolute atomic E-state index is 0.0326. The number of anilines is 4. The Hall–Kier alpha value is -4.41. The van der Waals surface area contributed by atoms with Crippen LogP contribution in [0.3, 0.4) is 0 Å². The molecule has 2 aliphatic rings. The van der Waals surface area contributed by atoms with Crippen molar-refractivity contribution >= 4 is 51.6 Å². The zero-order chi connectivity index (χ0) is 29.8. The highest BCUT2D eigenvalue weighted by Crippen LogP contribution is 2.41. The number of nitrogens with one attached hydrogen (secondary N) is 1. The third-order valence-electron chi connectivity index (χ3n) is 7.69. The van der Waals surface area contributed by atoms with Gasteiger partial charge < -0.3 is 30.3 Å². The van der Waals surface area contributed by atoms with Gasteiger partial charge in [-0.1, -0.05) is 13.8 Å². The van der Waals surface area contributed by atoms with Gasteiger partial charge in [0, 0.05) is 82.8 Å². The normalized spacial score (nSPS) is 17.1. The van der Waals surface area contributed by atoms with Crippen molar-refractivity contribution in [3.05, 3.63) is 52.2 Å². The number of aromatic nitrogens is 3. The number of rotatable bonds is 5. The lowest BCUT2D eigenvalue weighted by Crippen LogP contribution is -2.42. The summed E-state index contributed by atoms with van der Waals surface area (Å²) in [5.74, 6) is 1.38. The van der Waals surface area contributed by atoms with E-state index >= 15 is 0 Å². The molecule has 1 atom stereocenters. The van der Waals surface area contributed by atoms with Crippen LogP contribution < -0.4 is 31.3 Å². The molecule has 0 spiro atoms. The number of hydrogen-bond acceptors (Lipinski definition) is 9. The minimum Gasteiger partial charge on any atom is -0.404 e. The summed E-state index contributed by atoms with van der Waals surface area (Å²) >= 11 is 0. The topological polar surface area (TPSA) is 125 Å². The quantitative estimate of drug-likeness (QED) is 0.457. The van der Waals surface area contributed by atoms with Crippen LogP contribution in [0.15, 0.2) is 40.4 Å². The average Bonchev–Trinajstić information content (AvgIpc) is 3.49. The van der Waals surface area contributed by atoms with Crippen LogP contribution >= 0.6 is 0 Å². The monoisotopic (exact) mass is 559 g/mol. The molecule has 0 aliphatic carbocycles. The van der Waals surface area contributed by atoms with Crippen molar-refractivity contribution in [1.82, 2.24) is 19.9 Å². The van der Waals surface area contributed by atoms with Crippen LogP contribution in [-0.2, 0) is 11.8 Å². The van der Waals surface area contributed by atoms with Crippen molar-refractivity contribution in [3.8, 4) is 0 Å². The van der Waals surface area contributed by atoms with E-state index in [1.165, 1.54) is 6.20 Å². The molecule has 41 heavy (non-hydrogen) atoms. The van der Waals surface area contributed by atoms with Crippen LogP contribution in [0.4, 0.5) is 23.0 Å². The Labute approximate surface area is 241 Å². The molecule has 1 fully saturated rings. The van der Waals surface area contributed by atoms with E-state index in [2.05, 4.69) is 20.1 Å². The number of likely N-dealkylation sites (N-methyl/N-ethyl adjacent to an activating group) is 2. The number of carbonyl (C=O) groups excluding carboxylic acids is 1. The number of nitrogens with two attached hydrogens (primary N) is 1. The fourth-order valence-corrected chi connectivity index (χ4v) is 5.57. The van der Waals surface area contributed by atoms with Gasteiger partial charge in [0.25, 0.3) is 5.56 Å². The number of aliphatic imine (C=N–C) groups is 1. The molecule has 1 amide bonds. The summed E-state index contributed by atoms with van der Waals surface area (Å²) in [4.78, 5) is 46.0. The van der Waals surface area contributed by atoms with Crippen molar-refractivity contribution in [1.29, 1.82) is 0 Å². The van der Waals surface area contributed by atoms with E-state index in [0.29, 0.717) is 24.5 Å². The van der Waals surface area contributed by atoms with Crippen LogP contribution in [-0.4, -0.2) is 73.5 Å². The first-order chi connectivity index (χ1) is 19.8. The predicted octanol–water partition coefficient (Wildman–Crippen LogP) is 2.97. The van der Waals surface area contributed by atoms with Gasteiger partial charge in [0.1, 0.15) is 17.7 Å². The molecule has 5 heterocycles. The van der Waals surface area contributed by atoms with Crippen molar-refractivity contribution in [2.24, 2.45) is 17.8 Å². The Morgan fingerprint density at radius 3 is 2.59 bits per heavy atom. The summed E-state index contributed by atoms with van der Waals surface area (Å²) in [5, 5.41) is 3.65. The fraction of sp³-hybridized carbons (Fsp3) is 0.433. The second-order valence-corrected chi connectivity index (χ2v) is 10.0. The van der Waals surface area contributed by atoms with E-state index in [-0.39, 0.29) is 17.5 Å². The van der Waals surface area contributed by atoms with Crippen molar-refractivity contribution < 1.29 is 4.79 Å². The van der Waals surface area contributed by atoms with E-state index in [1.54, 1.807) is 31.9 Å². The largest absolute Gasteiger partial charge is 0.404 e. The highest BCUT2D eigenvalue weighted by Gasteiger charge is 2.33. The molecule has 11 heteroatoms. The first kappa shape index (κ1) is 29.6. The molecule has 3 N–H and O–H groups in total. The van der Waals surface area contributed by atoms with Gasteiger partial charge in [0.05, 0.1) is 28.8 Å². The number of amides is 1. The van der Waals surface area contributed by atoms with E-state index < -0.39 is 0 Å². The van der Waals surface area contributed by atoms with Crippen molar-refractivity contribution in [2.75, 3.05) is 55.5 Å². The smallest absolute Gasteiger partial charge is 0.253 e. The molecule has 218 valence electrons. The molecule has 3 aromatic heterocycles. The molecule has 3 aromatic rings. The molecule has 0 aromatic carbocycles. The lowest BCUT2D eigenvalue weighted by atomic mass is 10.1. The second kappa shape index (κ2) is 12.4. The highest BCUT2D eigenvalue weighted by molar-refractivity contribution is 6.09. The van der Waals surface area contributed by atoms with Crippen LogP contribution in [0.25, 0.3) is 16.5 Å². The minimum atomic E-state index is -0.305. The van der Waals surface area contributed by atoms with E-state index in [9.17, 15) is 9.59 Å². The molecule has 2 aliphatic heterocycles. The number of carbonyl (C=O) groups is 1. The van der Waals surface area contributed by atoms with Gasteiger partial charge in [-0.05, 0) is 31.9 Å². The van der Waals surface area contributed by atoms with Gasteiger partial charge in [-0.25, -0.2) is 4.98 Å².